The van der Waals surface area contributed by atoms with Gasteiger partial charge in [0.25, 0.3) is 0 Å². The number of ether oxygens (including phenoxy) is 1. The average Bonchev–Trinajstić information content (AvgIpc) is 2.49. The number of fused-ring (bicyclic) bond motifs is 1. The third kappa shape index (κ3) is 1.08. The van der Waals surface area contributed by atoms with Crippen LogP contribution in [0, 0.1) is 6.92 Å². The van der Waals surface area contributed by atoms with Gasteiger partial charge in [-0.2, -0.15) is 0 Å². The van der Waals surface area contributed by atoms with Gasteiger partial charge in [-0.05, 0) is 30.0 Å². The fourth-order valence-corrected chi connectivity index (χ4v) is 2.24. The van der Waals surface area contributed by atoms with Gasteiger partial charge in [-0.15, -0.1) is 0 Å². The van der Waals surface area contributed by atoms with E-state index in [1.54, 1.807) is 18.4 Å². The molecule has 1 nitrogen and oxygen atoms in total. The van der Waals surface area contributed by atoms with Gasteiger partial charge >= 0.3 is 0 Å². The molecule has 0 aliphatic carbocycles. The second-order valence-electron chi connectivity index (χ2n) is 2.76. The van der Waals surface area contributed by atoms with E-state index in [2.05, 4.69) is 31.2 Å². The molecule has 0 radical (unpaired) electrons. The minimum absolute atomic E-state index is 0.985. The third-order valence-corrected chi connectivity index (χ3v) is 3.02. The molecular weight excluding hydrogens is 168 g/mol. The van der Waals surface area contributed by atoms with Gasteiger partial charge in [0.1, 0.15) is 0 Å². The number of benzene rings is 1. The van der Waals surface area contributed by atoms with Crippen molar-refractivity contribution in [3.8, 4) is 5.06 Å². The largest absolute Gasteiger partial charge is 0.487 e. The number of methoxy groups -OCH3 is 1. The molecule has 0 spiro atoms. The van der Waals surface area contributed by atoms with Crippen LogP contribution in [-0.2, 0) is 0 Å². The summed E-state index contributed by atoms with van der Waals surface area (Å²) >= 11 is 1.69. The highest BCUT2D eigenvalue weighted by Crippen LogP contribution is 2.32. The Labute approximate surface area is 75.6 Å². The molecule has 0 amide bonds. The van der Waals surface area contributed by atoms with Crippen LogP contribution in [0.15, 0.2) is 24.3 Å². The van der Waals surface area contributed by atoms with Crippen LogP contribution in [0.4, 0.5) is 0 Å². The van der Waals surface area contributed by atoms with Crippen LogP contribution in [-0.4, -0.2) is 7.11 Å². The van der Waals surface area contributed by atoms with Crippen LogP contribution in [0.5, 0.6) is 5.06 Å². The summed E-state index contributed by atoms with van der Waals surface area (Å²) in [6, 6.07) is 8.41. The predicted octanol–water partition coefficient (Wildman–Crippen LogP) is 3.22. The lowest BCUT2D eigenvalue weighted by Crippen LogP contribution is -1.74. The topological polar surface area (TPSA) is 9.23 Å². The zero-order valence-electron chi connectivity index (χ0n) is 7.13. The predicted molar refractivity (Wildman–Crippen MR) is 53.1 cm³/mol. The fraction of sp³-hybridized carbons (Fsp3) is 0.200. The van der Waals surface area contributed by atoms with Gasteiger partial charge in [0.15, 0.2) is 5.06 Å². The molecule has 1 aromatic heterocycles. The summed E-state index contributed by atoms with van der Waals surface area (Å²) in [4.78, 5) is 0. The van der Waals surface area contributed by atoms with Crippen molar-refractivity contribution in [1.29, 1.82) is 0 Å². The molecular formula is C10H10OS. The molecule has 1 aromatic carbocycles. The Morgan fingerprint density at radius 3 is 2.83 bits per heavy atom. The third-order valence-electron chi connectivity index (χ3n) is 1.96. The van der Waals surface area contributed by atoms with Crippen LogP contribution in [0.2, 0.25) is 0 Å². The Morgan fingerprint density at radius 2 is 2.17 bits per heavy atom. The quantitative estimate of drug-likeness (QED) is 0.651. The Bertz CT molecular complexity index is 403. The van der Waals surface area contributed by atoms with E-state index in [-0.39, 0.29) is 0 Å². The van der Waals surface area contributed by atoms with Crippen molar-refractivity contribution in [2.45, 2.75) is 6.92 Å². The van der Waals surface area contributed by atoms with E-state index in [0.717, 1.165) is 5.06 Å². The van der Waals surface area contributed by atoms with E-state index in [0.29, 0.717) is 0 Å². The first-order valence-corrected chi connectivity index (χ1v) is 4.66. The van der Waals surface area contributed by atoms with Gasteiger partial charge in [-0.25, -0.2) is 0 Å². The highest BCUT2D eigenvalue weighted by molar-refractivity contribution is 7.20. The summed E-state index contributed by atoms with van der Waals surface area (Å²) in [5, 5.41) is 2.29. The van der Waals surface area contributed by atoms with E-state index < -0.39 is 0 Å². The lowest BCUT2D eigenvalue weighted by atomic mass is 10.2. The molecule has 0 fully saturated rings. The van der Waals surface area contributed by atoms with Gasteiger partial charge < -0.3 is 4.74 Å². The maximum absolute atomic E-state index is 5.17. The normalized spacial score (nSPS) is 10.5. The number of rotatable bonds is 1. The second-order valence-corrected chi connectivity index (χ2v) is 3.80. The number of hydrogen-bond donors (Lipinski definition) is 0. The van der Waals surface area contributed by atoms with E-state index in [9.17, 15) is 0 Å². The maximum Gasteiger partial charge on any atom is 0.174 e. The summed E-state index contributed by atoms with van der Waals surface area (Å²) in [5.74, 6) is 0. The highest BCUT2D eigenvalue weighted by atomic mass is 32.1. The smallest absolute Gasteiger partial charge is 0.174 e. The first kappa shape index (κ1) is 7.62. The minimum Gasteiger partial charge on any atom is -0.487 e. The first-order chi connectivity index (χ1) is 5.81. The maximum atomic E-state index is 5.17. The molecule has 0 N–H and O–H groups in total. The summed E-state index contributed by atoms with van der Waals surface area (Å²) in [7, 11) is 1.71. The zero-order valence-corrected chi connectivity index (χ0v) is 7.94. The molecule has 2 aromatic rings. The second kappa shape index (κ2) is 2.79. The fourth-order valence-electron chi connectivity index (χ4n) is 1.28. The molecule has 12 heavy (non-hydrogen) atoms. The van der Waals surface area contributed by atoms with E-state index >= 15 is 0 Å². The van der Waals surface area contributed by atoms with Crippen molar-refractivity contribution in [3.05, 3.63) is 29.8 Å². The van der Waals surface area contributed by atoms with Crippen molar-refractivity contribution in [2.75, 3.05) is 7.11 Å². The Kier molecular flexibility index (Phi) is 1.77. The lowest BCUT2D eigenvalue weighted by Gasteiger charge is -1.91. The van der Waals surface area contributed by atoms with Gasteiger partial charge in [0.05, 0.1) is 7.11 Å². The summed E-state index contributed by atoms with van der Waals surface area (Å²) in [6.07, 6.45) is 0. The molecule has 0 saturated heterocycles. The van der Waals surface area contributed by atoms with E-state index in [1.165, 1.54) is 15.6 Å². The van der Waals surface area contributed by atoms with Crippen molar-refractivity contribution < 1.29 is 4.74 Å². The lowest BCUT2D eigenvalue weighted by molar-refractivity contribution is 0.427. The Balaban J connectivity index is 2.74. The number of aryl methyl sites for hydroxylation is 1. The molecule has 0 aliphatic heterocycles. The van der Waals surface area contributed by atoms with Gasteiger partial charge in [-0.3, -0.25) is 0 Å². The Morgan fingerprint density at radius 1 is 1.33 bits per heavy atom. The molecule has 0 atom stereocenters. The van der Waals surface area contributed by atoms with E-state index in [4.69, 9.17) is 4.74 Å². The Hall–Kier alpha value is -1.02. The molecule has 0 bridgehead atoms. The monoisotopic (exact) mass is 178 g/mol. The van der Waals surface area contributed by atoms with Crippen LogP contribution in [0.3, 0.4) is 0 Å². The van der Waals surface area contributed by atoms with Crippen LogP contribution in [0.1, 0.15) is 5.56 Å². The average molecular weight is 178 g/mol. The molecule has 0 saturated carbocycles. The SMILES string of the molecule is COc1cc2c(C)cccc2s1. The molecule has 0 aliphatic rings. The first-order valence-electron chi connectivity index (χ1n) is 3.84. The number of thiophene rings is 1. The summed E-state index contributed by atoms with van der Waals surface area (Å²) in [6.45, 7) is 2.12. The molecule has 0 unspecified atom stereocenters. The van der Waals surface area contributed by atoms with Crippen molar-refractivity contribution in [1.82, 2.24) is 0 Å². The summed E-state index contributed by atoms with van der Waals surface area (Å²) < 4.78 is 6.47. The van der Waals surface area contributed by atoms with Gasteiger partial charge in [-0.1, -0.05) is 23.5 Å². The molecule has 2 rings (SSSR count). The van der Waals surface area contributed by atoms with Crippen molar-refractivity contribution >= 4 is 21.4 Å². The zero-order chi connectivity index (χ0) is 8.55. The minimum atomic E-state index is 0.985. The van der Waals surface area contributed by atoms with E-state index in [1.807, 2.05) is 0 Å². The van der Waals surface area contributed by atoms with Gasteiger partial charge in [0.2, 0.25) is 0 Å². The highest BCUT2D eigenvalue weighted by Gasteiger charge is 2.02. The molecule has 62 valence electrons. The van der Waals surface area contributed by atoms with Crippen LogP contribution < -0.4 is 4.74 Å². The molecule has 2 heteroatoms. The number of hydrogen-bond acceptors (Lipinski definition) is 2. The molecule has 1 heterocycles. The summed E-state index contributed by atoms with van der Waals surface area (Å²) in [5.41, 5.74) is 1.31. The van der Waals surface area contributed by atoms with Crippen molar-refractivity contribution in [2.24, 2.45) is 0 Å². The van der Waals surface area contributed by atoms with Crippen molar-refractivity contribution in [3.63, 3.8) is 0 Å². The van der Waals surface area contributed by atoms with Gasteiger partial charge in [0, 0.05) is 4.70 Å². The van der Waals surface area contributed by atoms with Crippen LogP contribution >= 0.6 is 11.3 Å². The van der Waals surface area contributed by atoms with Crippen LogP contribution in [0.25, 0.3) is 10.1 Å². The standard InChI is InChI=1S/C10H10OS/c1-7-4-3-5-9-8(7)6-10(11-2)12-9/h3-6H,1-2H3.